The fraction of sp³-hybridized carbons (Fsp3) is 0.0870. The third-order valence-electron chi connectivity index (χ3n) is 4.82. The Bertz CT molecular complexity index is 1320. The molecule has 0 unspecified atom stereocenters. The number of nitrogens with zero attached hydrogens (tertiary/aromatic N) is 2. The number of oxazole rings is 1. The molecule has 9 heteroatoms. The van der Waals surface area contributed by atoms with Gasteiger partial charge in [-0.3, -0.25) is 20.2 Å². The molecule has 32 heavy (non-hydrogen) atoms. The Kier molecular flexibility index (Phi) is 5.65. The highest BCUT2D eigenvalue weighted by Crippen LogP contribution is 2.40. The lowest BCUT2D eigenvalue weighted by Gasteiger charge is -2.16. The van der Waals surface area contributed by atoms with Crippen LogP contribution in [0.1, 0.15) is 24.8 Å². The number of benzene rings is 2. The number of thiocarbonyl (C=S) groups is 1. The predicted molar refractivity (Wildman–Crippen MR) is 124 cm³/mol. The zero-order valence-corrected chi connectivity index (χ0v) is 17.7. The summed E-state index contributed by atoms with van der Waals surface area (Å²) in [6, 6.07) is 11.2. The Balaban J connectivity index is 1.71. The van der Waals surface area contributed by atoms with Crippen molar-refractivity contribution in [2.24, 2.45) is 0 Å². The van der Waals surface area contributed by atoms with Gasteiger partial charge in [-0.05, 0) is 28.8 Å². The van der Waals surface area contributed by atoms with Crippen LogP contribution >= 0.6 is 12.2 Å². The number of aromatic nitrogens is 1. The second-order valence-corrected chi connectivity index (χ2v) is 7.62. The van der Waals surface area contributed by atoms with Crippen molar-refractivity contribution >= 4 is 45.7 Å². The second-order valence-electron chi connectivity index (χ2n) is 7.10. The van der Waals surface area contributed by atoms with E-state index in [2.05, 4.69) is 10.3 Å². The molecule has 1 aliphatic carbocycles. The van der Waals surface area contributed by atoms with Crippen LogP contribution in [0.15, 0.2) is 65.2 Å². The molecule has 0 fully saturated rings. The van der Waals surface area contributed by atoms with Crippen molar-refractivity contribution in [3.63, 3.8) is 0 Å². The standard InChI is InChI=1S/C23H17N3O5S/c1-13(27)25-22-12-24-23(31-22)19-8-6-17(32)11-20(19)18-7-5-15(10-21(18)28)14-3-2-4-16(9-14)26(29)30/h2-5,7-12,28H,6H2,1H3,(H,25,27). The number of nitro groups is 1. The number of nitro benzene ring substituents is 1. The molecule has 0 spiro atoms. The van der Waals surface area contributed by atoms with E-state index in [1.807, 2.05) is 6.08 Å². The first-order chi connectivity index (χ1) is 15.3. The highest BCUT2D eigenvalue weighted by Gasteiger charge is 2.22. The summed E-state index contributed by atoms with van der Waals surface area (Å²) in [5, 5.41) is 24.4. The first kappa shape index (κ1) is 21.1. The Hall–Kier alpha value is -4.11. The van der Waals surface area contributed by atoms with Crippen molar-refractivity contribution in [2.75, 3.05) is 5.32 Å². The zero-order chi connectivity index (χ0) is 22.8. The molecule has 1 aliphatic rings. The third kappa shape index (κ3) is 4.33. The van der Waals surface area contributed by atoms with Crippen LogP contribution in [0.2, 0.25) is 0 Å². The molecule has 0 aliphatic heterocycles. The molecule has 2 N–H and O–H groups in total. The van der Waals surface area contributed by atoms with Gasteiger partial charge in [0.2, 0.25) is 17.7 Å². The number of phenols is 1. The van der Waals surface area contributed by atoms with Gasteiger partial charge in [0.25, 0.3) is 5.69 Å². The van der Waals surface area contributed by atoms with E-state index in [0.717, 1.165) is 0 Å². The molecule has 1 amide bonds. The second kappa shape index (κ2) is 8.56. The number of amides is 1. The Morgan fingerprint density at radius 2 is 2.00 bits per heavy atom. The van der Waals surface area contributed by atoms with Gasteiger partial charge in [-0.1, -0.05) is 42.6 Å². The molecule has 2 aromatic carbocycles. The number of rotatable bonds is 5. The largest absolute Gasteiger partial charge is 0.507 e. The summed E-state index contributed by atoms with van der Waals surface area (Å²) in [7, 11) is 0. The topological polar surface area (TPSA) is 118 Å². The number of carbonyl (C=O) groups excluding carboxylic acids is 1. The molecule has 160 valence electrons. The molecule has 0 saturated carbocycles. The average molecular weight is 447 g/mol. The molecule has 1 heterocycles. The van der Waals surface area contributed by atoms with Gasteiger partial charge >= 0.3 is 0 Å². The SMILES string of the molecule is CC(=O)Nc1cnc(C2=CCC(=S)C=C2c2ccc(-c3cccc([N+](=O)[O-])c3)cc2O)o1. The average Bonchev–Trinajstić information content (AvgIpc) is 3.21. The first-order valence-electron chi connectivity index (χ1n) is 9.59. The van der Waals surface area contributed by atoms with E-state index >= 15 is 0 Å². The predicted octanol–water partition coefficient (Wildman–Crippen LogP) is 5.15. The van der Waals surface area contributed by atoms with E-state index in [4.69, 9.17) is 16.6 Å². The zero-order valence-electron chi connectivity index (χ0n) is 16.9. The molecule has 0 atom stereocenters. The van der Waals surface area contributed by atoms with Crippen molar-refractivity contribution < 1.29 is 19.2 Å². The molecule has 3 aromatic rings. The van der Waals surface area contributed by atoms with Gasteiger partial charge in [0.15, 0.2) is 0 Å². The fourth-order valence-corrected chi connectivity index (χ4v) is 3.60. The van der Waals surface area contributed by atoms with Crippen LogP contribution in [0.4, 0.5) is 11.6 Å². The van der Waals surface area contributed by atoms with Gasteiger partial charge in [-0.25, -0.2) is 4.98 Å². The van der Waals surface area contributed by atoms with Crippen LogP contribution in [0.3, 0.4) is 0 Å². The minimum atomic E-state index is -0.464. The van der Waals surface area contributed by atoms with Crippen molar-refractivity contribution in [3.8, 4) is 16.9 Å². The number of non-ortho nitro benzene ring substituents is 1. The minimum absolute atomic E-state index is 0.0236. The van der Waals surface area contributed by atoms with Gasteiger partial charge in [0.05, 0.1) is 11.1 Å². The summed E-state index contributed by atoms with van der Waals surface area (Å²) >= 11 is 5.36. The number of anilines is 1. The number of hydrogen-bond donors (Lipinski definition) is 2. The van der Waals surface area contributed by atoms with Gasteiger partial charge in [-0.15, -0.1) is 0 Å². The van der Waals surface area contributed by atoms with Gasteiger partial charge < -0.3 is 9.52 Å². The minimum Gasteiger partial charge on any atom is -0.507 e. The fourth-order valence-electron chi connectivity index (χ4n) is 3.40. The van der Waals surface area contributed by atoms with Crippen LogP contribution in [-0.2, 0) is 4.79 Å². The Morgan fingerprint density at radius 3 is 2.72 bits per heavy atom. The number of phenolic OH excluding ortho intramolecular Hbond substituents is 1. The summed E-state index contributed by atoms with van der Waals surface area (Å²) in [6.07, 6.45) is 5.55. The number of carbonyl (C=O) groups is 1. The molecular weight excluding hydrogens is 430 g/mol. The molecular formula is C23H17N3O5S. The van der Waals surface area contributed by atoms with Crippen molar-refractivity contribution in [2.45, 2.75) is 13.3 Å². The molecule has 0 bridgehead atoms. The lowest BCUT2D eigenvalue weighted by Crippen LogP contribution is -2.04. The van der Waals surface area contributed by atoms with Crippen molar-refractivity contribution in [1.29, 1.82) is 0 Å². The van der Waals surface area contributed by atoms with E-state index in [1.165, 1.54) is 25.3 Å². The summed E-state index contributed by atoms with van der Waals surface area (Å²) in [4.78, 5) is 26.8. The third-order valence-corrected chi connectivity index (χ3v) is 5.10. The van der Waals surface area contributed by atoms with E-state index in [-0.39, 0.29) is 29.1 Å². The van der Waals surface area contributed by atoms with E-state index in [0.29, 0.717) is 39.1 Å². The summed E-state index contributed by atoms with van der Waals surface area (Å²) in [5.41, 5.74) is 2.97. The highest BCUT2D eigenvalue weighted by molar-refractivity contribution is 7.80. The van der Waals surface area contributed by atoms with E-state index in [9.17, 15) is 20.0 Å². The maximum absolute atomic E-state index is 11.3. The Morgan fingerprint density at radius 1 is 1.22 bits per heavy atom. The molecule has 0 saturated heterocycles. The Labute approximate surface area is 188 Å². The lowest BCUT2D eigenvalue weighted by atomic mass is 9.90. The normalized spacial score (nSPS) is 13.3. The lowest BCUT2D eigenvalue weighted by molar-refractivity contribution is -0.384. The molecule has 1 aromatic heterocycles. The monoisotopic (exact) mass is 447 g/mol. The smallest absolute Gasteiger partial charge is 0.270 e. The summed E-state index contributed by atoms with van der Waals surface area (Å²) in [6.45, 7) is 1.37. The quantitative estimate of drug-likeness (QED) is 0.315. The van der Waals surface area contributed by atoms with Gasteiger partial charge in [0.1, 0.15) is 5.75 Å². The van der Waals surface area contributed by atoms with E-state index in [1.54, 1.807) is 36.4 Å². The van der Waals surface area contributed by atoms with E-state index < -0.39 is 4.92 Å². The number of allylic oxidation sites excluding steroid dienone is 4. The highest BCUT2D eigenvalue weighted by atomic mass is 32.1. The molecule has 4 rings (SSSR count). The van der Waals surface area contributed by atoms with Crippen LogP contribution in [0.25, 0.3) is 22.3 Å². The number of hydrogen-bond acceptors (Lipinski definition) is 7. The van der Waals surface area contributed by atoms with Crippen molar-refractivity contribution in [3.05, 3.63) is 82.4 Å². The van der Waals surface area contributed by atoms with Crippen LogP contribution in [-0.4, -0.2) is 25.8 Å². The van der Waals surface area contributed by atoms with Crippen LogP contribution in [0, 0.1) is 10.1 Å². The number of nitrogens with one attached hydrogen (secondary N) is 1. The maximum Gasteiger partial charge on any atom is 0.270 e. The van der Waals surface area contributed by atoms with Crippen LogP contribution < -0.4 is 5.32 Å². The van der Waals surface area contributed by atoms with Crippen molar-refractivity contribution in [1.82, 2.24) is 4.98 Å². The summed E-state index contributed by atoms with van der Waals surface area (Å²) < 4.78 is 5.65. The number of aromatic hydroxyl groups is 1. The molecule has 0 radical (unpaired) electrons. The maximum atomic E-state index is 11.3. The first-order valence-corrected chi connectivity index (χ1v) is 9.99. The van der Waals surface area contributed by atoms with Gasteiger partial charge in [0, 0.05) is 41.5 Å². The van der Waals surface area contributed by atoms with Gasteiger partial charge in [-0.2, -0.15) is 0 Å². The summed E-state index contributed by atoms with van der Waals surface area (Å²) in [5.74, 6) is 0.192. The van der Waals surface area contributed by atoms with Crippen LogP contribution in [0.5, 0.6) is 5.75 Å². The molecule has 8 nitrogen and oxygen atoms in total.